The molecule has 5 nitrogen and oxygen atoms in total. The van der Waals surface area contributed by atoms with Gasteiger partial charge in [-0.25, -0.2) is 4.79 Å². The number of hydrogen-bond donors (Lipinski definition) is 0. The number of benzene rings is 1. The molecule has 0 spiro atoms. The first kappa shape index (κ1) is 13.3. The van der Waals surface area contributed by atoms with Crippen molar-refractivity contribution in [3.8, 4) is 0 Å². The van der Waals surface area contributed by atoms with E-state index in [9.17, 15) is 14.9 Å². The van der Waals surface area contributed by atoms with Crippen LogP contribution in [0.4, 0.5) is 5.69 Å². The van der Waals surface area contributed by atoms with Crippen LogP contribution in [-0.2, 0) is 4.74 Å². The predicted molar refractivity (Wildman–Crippen MR) is 73.4 cm³/mol. The van der Waals surface area contributed by atoms with Gasteiger partial charge < -0.3 is 4.74 Å². The molecule has 0 bridgehead atoms. The fourth-order valence-electron chi connectivity index (χ4n) is 1.59. The fourth-order valence-corrected chi connectivity index (χ4v) is 2.14. The van der Waals surface area contributed by atoms with Crippen LogP contribution in [0.3, 0.4) is 0 Å². The van der Waals surface area contributed by atoms with Gasteiger partial charge in [-0.2, -0.15) is 0 Å². The van der Waals surface area contributed by atoms with Crippen LogP contribution in [0.15, 0.2) is 18.2 Å². The fraction of sp³-hybridized carbons (Fsp3) is 0.417. The molecule has 18 heavy (non-hydrogen) atoms. The predicted octanol–water partition coefficient (Wildman–Crippen LogP) is 3.16. The number of halogens is 1. The van der Waals surface area contributed by atoms with Crippen LogP contribution < -0.4 is 0 Å². The molecule has 0 N–H and O–H groups in total. The van der Waals surface area contributed by atoms with E-state index in [-0.39, 0.29) is 11.3 Å². The first-order valence-corrected chi connectivity index (χ1v) is 6.77. The standard InChI is InChI=1S/C12H12INO4/c13-11-4-3-9(14(16)17)7-10(11)12(15)18-6-5-8-1-2-8/h3-4,7-8H,1-2,5-6H2. The van der Waals surface area contributed by atoms with Crippen molar-refractivity contribution in [1.82, 2.24) is 0 Å². The van der Waals surface area contributed by atoms with E-state index in [0.29, 0.717) is 16.1 Å². The zero-order chi connectivity index (χ0) is 13.1. The minimum atomic E-state index is -0.517. The van der Waals surface area contributed by atoms with Crippen molar-refractivity contribution in [2.24, 2.45) is 5.92 Å². The number of carbonyl (C=O) groups excluding carboxylic acids is 1. The summed E-state index contributed by atoms with van der Waals surface area (Å²) in [5, 5.41) is 10.6. The molecule has 0 aromatic heterocycles. The minimum Gasteiger partial charge on any atom is -0.462 e. The summed E-state index contributed by atoms with van der Waals surface area (Å²) in [5.41, 5.74) is 0.171. The lowest BCUT2D eigenvalue weighted by molar-refractivity contribution is -0.384. The van der Waals surface area contributed by atoms with Crippen molar-refractivity contribution in [3.05, 3.63) is 37.4 Å². The van der Waals surface area contributed by atoms with Gasteiger partial charge in [0.05, 0.1) is 17.1 Å². The van der Waals surface area contributed by atoms with Gasteiger partial charge in [0.1, 0.15) is 0 Å². The van der Waals surface area contributed by atoms with Gasteiger partial charge in [0, 0.05) is 15.7 Å². The number of carbonyl (C=O) groups is 1. The number of hydrogen-bond acceptors (Lipinski definition) is 4. The highest BCUT2D eigenvalue weighted by Gasteiger charge is 2.22. The van der Waals surface area contributed by atoms with Gasteiger partial charge in [0.15, 0.2) is 0 Å². The Bertz CT molecular complexity index is 485. The van der Waals surface area contributed by atoms with Crippen LogP contribution in [0, 0.1) is 19.6 Å². The maximum Gasteiger partial charge on any atom is 0.339 e. The lowest BCUT2D eigenvalue weighted by Crippen LogP contribution is -2.09. The quantitative estimate of drug-likeness (QED) is 0.350. The molecule has 0 aliphatic heterocycles. The molecule has 0 unspecified atom stereocenters. The molecule has 2 rings (SSSR count). The van der Waals surface area contributed by atoms with Crippen molar-refractivity contribution >= 4 is 34.2 Å². The van der Waals surface area contributed by atoms with E-state index < -0.39 is 10.9 Å². The molecule has 6 heteroatoms. The Hall–Kier alpha value is -1.18. The van der Waals surface area contributed by atoms with Crippen molar-refractivity contribution in [2.75, 3.05) is 6.61 Å². The van der Waals surface area contributed by atoms with Crippen LogP contribution >= 0.6 is 22.6 Å². The number of nitro benzene ring substituents is 1. The average Bonchev–Trinajstić information content (AvgIpc) is 3.13. The average molecular weight is 361 g/mol. The van der Waals surface area contributed by atoms with E-state index in [1.807, 2.05) is 22.6 Å². The van der Waals surface area contributed by atoms with Gasteiger partial charge in [-0.1, -0.05) is 12.8 Å². The molecule has 0 radical (unpaired) electrons. The molecule has 1 aromatic carbocycles. The Balaban J connectivity index is 2.02. The molecule has 0 atom stereocenters. The number of rotatable bonds is 5. The van der Waals surface area contributed by atoms with Gasteiger partial charge in [-0.05, 0) is 41.0 Å². The van der Waals surface area contributed by atoms with Crippen LogP contribution in [0.25, 0.3) is 0 Å². The summed E-state index contributed by atoms with van der Waals surface area (Å²) in [6.45, 7) is 0.391. The molecule has 0 amide bonds. The van der Waals surface area contributed by atoms with E-state index in [1.54, 1.807) is 6.07 Å². The zero-order valence-electron chi connectivity index (χ0n) is 9.60. The number of non-ortho nitro benzene ring substituents is 1. The SMILES string of the molecule is O=C(OCCC1CC1)c1cc([N+](=O)[O-])ccc1I. The lowest BCUT2D eigenvalue weighted by Gasteiger charge is -2.05. The van der Waals surface area contributed by atoms with E-state index in [2.05, 4.69) is 0 Å². The molecule has 1 aliphatic carbocycles. The Morgan fingerprint density at radius 2 is 2.22 bits per heavy atom. The molecular weight excluding hydrogens is 349 g/mol. The molecule has 0 heterocycles. The summed E-state index contributed by atoms with van der Waals surface area (Å²) < 4.78 is 5.79. The molecular formula is C12H12INO4. The molecule has 1 saturated carbocycles. The Morgan fingerprint density at radius 3 is 2.83 bits per heavy atom. The van der Waals surface area contributed by atoms with Crippen LogP contribution in [0.2, 0.25) is 0 Å². The van der Waals surface area contributed by atoms with Crippen molar-refractivity contribution in [2.45, 2.75) is 19.3 Å². The van der Waals surface area contributed by atoms with E-state index >= 15 is 0 Å². The number of esters is 1. The summed E-state index contributed by atoms with van der Waals surface area (Å²) in [4.78, 5) is 21.9. The van der Waals surface area contributed by atoms with E-state index in [1.165, 1.54) is 25.0 Å². The Labute approximate surface area is 118 Å². The Kier molecular flexibility index (Phi) is 4.15. The second-order valence-electron chi connectivity index (χ2n) is 4.29. The summed E-state index contributed by atoms with van der Waals surface area (Å²) in [6, 6.07) is 4.19. The Morgan fingerprint density at radius 1 is 1.50 bits per heavy atom. The van der Waals surface area contributed by atoms with E-state index in [4.69, 9.17) is 4.74 Å². The smallest absolute Gasteiger partial charge is 0.339 e. The summed E-state index contributed by atoms with van der Waals surface area (Å²) in [6.07, 6.45) is 3.31. The summed E-state index contributed by atoms with van der Waals surface area (Å²) in [7, 11) is 0. The van der Waals surface area contributed by atoms with Gasteiger partial charge in [-0.3, -0.25) is 10.1 Å². The molecule has 0 saturated heterocycles. The van der Waals surface area contributed by atoms with Gasteiger partial charge in [0.2, 0.25) is 0 Å². The van der Waals surface area contributed by atoms with Crippen LogP contribution in [-0.4, -0.2) is 17.5 Å². The second kappa shape index (κ2) is 5.64. The zero-order valence-corrected chi connectivity index (χ0v) is 11.8. The monoisotopic (exact) mass is 361 g/mol. The molecule has 96 valence electrons. The number of nitro groups is 1. The molecule has 1 aromatic rings. The van der Waals surface area contributed by atoms with Crippen LogP contribution in [0.5, 0.6) is 0 Å². The first-order valence-electron chi connectivity index (χ1n) is 5.69. The third-order valence-electron chi connectivity index (χ3n) is 2.84. The normalized spacial score (nSPS) is 14.3. The molecule has 1 fully saturated rings. The lowest BCUT2D eigenvalue weighted by atomic mass is 10.2. The van der Waals surface area contributed by atoms with Crippen LogP contribution in [0.1, 0.15) is 29.6 Å². The summed E-state index contributed by atoms with van der Waals surface area (Å²) >= 11 is 1.97. The third kappa shape index (κ3) is 3.41. The van der Waals surface area contributed by atoms with Gasteiger partial charge in [0.25, 0.3) is 5.69 Å². The minimum absolute atomic E-state index is 0.0930. The van der Waals surface area contributed by atoms with Gasteiger partial charge in [-0.15, -0.1) is 0 Å². The third-order valence-corrected chi connectivity index (χ3v) is 3.78. The van der Waals surface area contributed by atoms with Crippen molar-refractivity contribution < 1.29 is 14.5 Å². The second-order valence-corrected chi connectivity index (χ2v) is 5.45. The van der Waals surface area contributed by atoms with Crippen molar-refractivity contribution in [3.63, 3.8) is 0 Å². The highest BCUT2D eigenvalue weighted by atomic mass is 127. The van der Waals surface area contributed by atoms with E-state index in [0.717, 1.165) is 6.42 Å². The van der Waals surface area contributed by atoms with Crippen molar-refractivity contribution in [1.29, 1.82) is 0 Å². The maximum absolute atomic E-state index is 11.8. The number of ether oxygens (including phenoxy) is 1. The maximum atomic E-state index is 11.8. The largest absolute Gasteiger partial charge is 0.462 e. The topological polar surface area (TPSA) is 69.4 Å². The van der Waals surface area contributed by atoms with Gasteiger partial charge >= 0.3 is 5.97 Å². The highest BCUT2D eigenvalue weighted by molar-refractivity contribution is 14.1. The highest BCUT2D eigenvalue weighted by Crippen LogP contribution is 2.32. The number of nitrogens with zero attached hydrogens (tertiary/aromatic N) is 1. The summed E-state index contributed by atoms with van der Waals surface area (Å²) in [5.74, 6) is 0.214. The first-order chi connectivity index (χ1) is 8.58. The molecule has 1 aliphatic rings.